The molecule has 2 rings (SSSR count). The maximum atomic E-state index is 5.40. The third-order valence-electron chi connectivity index (χ3n) is 6.88. The van der Waals surface area contributed by atoms with Crippen LogP contribution in [0.15, 0.2) is 36.4 Å². The highest BCUT2D eigenvalue weighted by atomic mass is 16.5. The Bertz CT molecular complexity index is 550. The van der Waals surface area contributed by atoms with E-state index < -0.39 is 0 Å². The van der Waals surface area contributed by atoms with Crippen molar-refractivity contribution in [3.63, 3.8) is 0 Å². The van der Waals surface area contributed by atoms with Crippen LogP contribution in [0.5, 0.6) is 0 Å². The van der Waals surface area contributed by atoms with Gasteiger partial charge in [-0.2, -0.15) is 0 Å². The minimum absolute atomic E-state index is 0.665. The topological polar surface area (TPSA) is 9.23 Å². The van der Waals surface area contributed by atoms with Crippen LogP contribution in [0, 0.1) is 11.8 Å². The van der Waals surface area contributed by atoms with E-state index in [0.717, 1.165) is 24.9 Å². The summed E-state index contributed by atoms with van der Waals surface area (Å²) in [4.78, 5) is 0. The summed E-state index contributed by atoms with van der Waals surface area (Å²) in [5.74, 6) is 2.43. The molecular formula is C28H46O. The molecule has 1 unspecified atom stereocenters. The molecule has 0 radical (unpaired) electrons. The van der Waals surface area contributed by atoms with Crippen molar-refractivity contribution in [1.82, 2.24) is 0 Å². The Morgan fingerprint density at radius 3 is 2.38 bits per heavy atom. The molecule has 1 aliphatic carbocycles. The SMILES string of the molecule is C=C(C)CC(CCCCC1CCC(c2ccc(CCCCC)cc2)CC1)COC. The fourth-order valence-corrected chi connectivity index (χ4v) is 5.16. The van der Waals surface area contributed by atoms with E-state index in [1.807, 2.05) is 7.11 Å². The van der Waals surface area contributed by atoms with E-state index in [-0.39, 0.29) is 0 Å². The van der Waals surface area contributed by atoms with Crippen molar-refractivity contribution in [2.24, 2.45) is 11.8 Å². The van der Waals surface area contributed by atoms with Crippen LogP contribution in [-0.2, 0) is 11.2 Å². The summed E-state index contributed by atoms with van der Waals surface area (Å²) in [5, 5.41) is 0. The van der Waals surface area contributed by atoms with Crippen molar-refractivity contribution in [2.45, 2.75) is 103 Å². The van der Waals surface area contributed by atoms with Crippen LogP contribution in [0.4, 0.5) is 0 Å². The van der Waals surface area contributed by atoms with E-state index in [1.165, 1.54) is 88.2 Å². The molecule has 1 aliphatic rings. The third-order valence-corrected chi connectivity index (χ3v) is 6.88. The summed E-state index contributed by atoms with van der Waals surface area (Å²) in [6, 6.07) is 9.62. The van der Waals surface area contributed by atoms with Gasteiger partial charge in [-0.05, 0) is 87.2 Å². The number of allylic oxidation sites excluding steroid dienone is 1. The van der Waals surface area contributed by atoms with Gasteiger partial charge in [-0.3, -0.25) is 0 Å². The van der Waals surface area contributed by atoms with Gasteiger partial charge in [-0.1, -0.05) is 68.9 Å². The Balaban J connectivity index is 1.64. The maximum absolute atomic E-state index is 5.40. The summed E-state index contributed by atoms with van der Waals surface area (Å²) in [6.45, 7) is 9.38. The molecule has 0 saturated heterocycles. The molecule has 29 heavy (non-hydrogen) atoms. The Kier molecular flexibility index (Phi) is 11.7. The zero-order valence-corrected chi connectivity index (χ0v) is 19.6. The fraction of sp³-hybridized carbons (Fsp3) is 0.714. The van der Waals surface area contributed by atoms with Crippen molar-refractivity contribution < 1.29 is 4.74 Å². The Morgan fingerprint density at radius 1 is 1.03 bits per heavy atom. The quantitative estimate of drug-likeness (QED) is 0.225. The predicted octanol–water partition coefficient (Wildman–Crippen LogP) is 8.48. The number of aryl methyl sites for hydroxylation is 1. The lowest BCUT2D eigenvalue weighted by Gasteiger charge is -2.29. The number of hydrogen-bond donors (Lipinski definition) is 0. The van der Waals surface area contributed by atoms with Crippen molar-refractivity contribution >= 4 is 0 Å². The number of benzene rings is 1. The van der Waals surface area contributed by atoms with Crippen molar-refractivity contribution in [1.29, 1.82) is 0 Å². The summed E-state index contributed by atoms with van der Waals surface area (Å²) < 4.78 is 5.40. The first-order chi connectivity index (χ1) is 14.1. The summed E-state index contributed by atoms with van der Waals surface area (Å²) in [5.41, 5.74) is 4.40. The normalized spacial score (nSPS) is 20.5. The largest absolute Gasteiger partial charge is 0.384 e. The molecule has 0 bridgehead atoms. The van der Waals surface area contributed by atoms with Gasteiger partial charge < -0.3 is 4.74 Å². The van der Waals surface area contributed by atoms with E-state index in [2.05, 4.69) is 44.7 Å². The molecule has 1 aromatic carbocycles. The van der Waals surface area contributed by atoms with Gasteiger partial charge in [0.25, 0.3) is 0 Å². The molecule has 0 spiro atoms. The second kappa shape index (κ2) is 14.0. The maximum Gasteiger partial charge on any atom is 0.0493 e. The molecule has 1 fully saturated rings. The molecule has 0 N–H and O–H groups in total. The van der Waals surface area contributed by atoms with Gasteiger partial charge in [0, 0.05) is 13.7 Å². The second-order valence-electron chi connectivity index (χ2n) is 9.68. The van der Waals surface area contributed by atoms with Crippen LogP contribution in [0.2, 0.25) is 0 Å². The average Bonchev–Trinajstić information content (AvgIpc) is 2.72. The lowest BCUT2D eigenvalue weighted by Crippen LogP contribution is -2.14. The lowest BCUT2D eigenvalue weighted by molar-refractivity contribution is 0.145. The molecule has 0 heterocycles. The van der Waals surface area contributed by atoms with E-state index in [4.69, 9.17) is 4.74 Å². The molecule has 0 amide bonds. The highest BCUT2D eigenvalue weighted by molar-refractivity contribution is 5.26. The number of ether oxygens (including phenoxy) is 1. The van der Waals surface area contributed by atoms with Crippen LogP contribution in [0.1, 0.15) is 108 Å². The summed E-state index contributed by atoms with van der Waals surface area (Å²) >= 11 is 0. The number of hydrogen-bond acceptors (Lipinski definition) is 1. The van der Waals surface area contributed by atoms with Gasteiger partial charge in [-0.15, -0.1) is 6.58 Å². The highest BCUT2D eigenvalue weighted by Crippen LogP contribution is 2.38. The minimum Gasteiger partial charge on any atom is -0.384 e. The second-order valence-corrected chi connectivity index (χ2v) is 9.68. The van der Waals surface area contributed by atoms with E-state index >= 15 is 0 Å². The predicted molar refractivity (Wildman–Crippen MR) is 128 cm³/mol. The van der Waals surface area contributed by atoms with Crippen LogP contribution < -0.4 is 0 Å². The summed E-state index contributed by atoms with van der Waals surface area (Å²) in [7, 11) is 1.82. The number of methoxy groups -OCH3 is 1. The molecule has 1 saturated carbocycles. The van der Waals surface area contributed by atoms with Crippen LogP contribution in [0.3, 0.4) is 0 Å². The molecule has 0 aromatic heterocycles. The van der Waals surface area contributed by atoms with Gasteiger partial charge >= 0.3 is 0 Å². The molecule has 0 aliphatic heterocycles. The van der Waals surface area contributed by atoms with Crippen LogP contribution in [0.25, 0.3) is 0 Å². The van der Waals surface area contributed by atoms with E-state index in [9.17, 15) is 0 Å². The average molecular weight is 399 g/mol. The summed E-state index contributed by atoms with van der Waals surface area (Å²) in [6.07, 6.45) is 17.5. The van der Waals surface area contributed by atoms with Crippen LogP contribution >= 0.6 is 0 Å². The van der Waals surface area contributed by atoms with Crippen LogP contribution in [-0.4, -0.2) is 13.7 Å². The third kappa shape index (κ3) is 9.51. The molecular weight excluding hydrogens is 352 g/mol. The van der Waals surface area contributed by atoms with Gasteiger partial charge in [0.1, 0.15) is 0 Å². The van der Waals surface area contributed by atoms with E-state index in [0.29, 0.717) is 5.92 Å². The molecule has 1 heteroatoms. The highest BCUT2D eigenvalue weighted by Gasteiger charge is 2.22. The first-order valence-corrected chi connectivity index (χ1v) is 12.3. The molecule has 1 aromatic rings. The fourth-order valence-electron chi connectivity index (χ4n) is 5.16. The first kappa shape index (κ1) is 24.2. The van der Waals surface area contributed by atoms with Crippen molar-refractivity contribution in [3.05, 3.63) is 47.5 Å². The van der Waals surface area contributed by atoms with Gasteiger partial charge in [0.05, 0.1) is 0 Å². The van der Waals surface area contributed by atoms with Gasteiger partial charge in [-0.25, -0.2) is 0 Å². The Morgan fingerprint density at radius 2 is 1.76 bits per heavy atom. The van der Waals surface area contributed by atoms with E-state index in [1.54, 1.807) is 5.56 Å². The number of unbranched alkanes of at least 4 members (excludes halogenated alkanes) is 3. The minimum atomic E-state index is 0.665. The Hall–Kier alpha value is -1.08. The zero-order chi connectivity index (χ0) is 20.9. The smallest absolute Gasteiger partial charge is 0.0493 e. The standard InChI is InChI=1S/C28H46O/c1-5-6-7-10-24-13-17-27(18-14-24)28-19-15-25(16-20-28)11-8-9-12-26(22-29-4)21-23(2)3/h13-14,17-18,25-26,28H,2,5-12,15-16,19-22H2,1,3-4H3. The van der Waals surface area contributed by atoms with Gasteiger partial charge in [0.2, 0.25) is 0 Å². The zero-order valence-electron chi connectivity index (χ0n) is 19.6. The molecule has 1 nitrogen and oxygen atoms in total. The van der Waals surface area contributed by atoms with Crippen molar-refractivity contribution in [2.75, 3.05) is 13.7 Å². The number of rotatable bonds is 14. The van der Waals surface area contributed by atoms with Gasteiger partial charge in [0.15, 0.2) is 0 Å². The monoisotopic (exact) mass is 398 g/mol. The van der Waals surface area contributed by atoms with Crippen molar-refractivity contribution in [3.8, 4) is 0 Å². The first-order valence-electron chi connectivity index (χ1n) is 12.3. The Labute approximate surface area is 181 Å². The lowest BCUT2D eigenvalue weighted by atomic mass is 9.77. The molecule has 1 atom stereocenters. The molecule has 164 valence electrons.